The second-order valence-electron chi connectivity index (χ2n) is 6.04. The molecular weight excluding hydrogens is 296 g/mol. The normalized spacial score (nSPS) is 33.0. The Morgan fingerprint density at radius 2 is 1.81 bits per heavy atom. The third-order valence-electron chi connectivity index (χ3n) is 4.86. The zero-order valence-corrected chi connectivity index (χ0v) is 12.8. The highest BCUT2D eigenvalue weighted by Gasteiger charge is 2.44. The molecule has 1 N–H and O–H groups in total. The molecule has 2 atom stereocenters. The second kappa shape index (κ2) is 5.83. The fourth-order valence-electron chi connectivity index (χ4n) is 3.66. The van der Waals surface area contributed by atoms with Crippen LogP contribution in [0.3, 0.4) is 0 Å². The minimum atomic E-state index is -3.49. The van der Waals surface area contributed by atoms with Crippen molar-refractivity contribution in [2.75, 3.05) is 26.2 Å². The Morgan fingerprint density at radius 3 is 2.48 bits per heavy atom. The maximum Gasteiger partial charge on any atom is 0.306 e. The molecule has 2 unspecified atom stereocenters. The highest BCUT2D eigenvalue weighted by Crippen LogP contribution is 2.33. The predicted octanol–water partition coefficient (Wildman–Crippen LogP) is 0.281. The molecule has 21 heavy (non-hydrogen) atoms. The van der Waals surface area contributed by atoms with Crippen LogP contribution in [0.1, 0.15) is 32.1 Å². The minimum absolute atomic E-state index is 0.0325. The summed E-state index contributed by atoms with van der Waals surface area (Å²) in [4.78, 5) is 11.0. The van der Waals surface area contributed by atoms with E-state index in [4.69, 9.17) is 9.84 Å². The fraction of sp³-hybridized carbons (Fsp3) is 0.923. The first-order valence-corrected chi connectivity index (χ1v) is 9.01. The molecule has 7 nitrogen and oxygen atoms in total. The molecule has 120 valence electrons. The Bertz CT molecular complexity index is 501. The van der Waals surface area contributed by atoms with Gasteiger partial charge in [0, 0.05) is 19.6 Å². The van der Waals surface area contributed by atoms with Gasteiger partial charge in [0.25, 0.3) is 10.2 Å². The number of hydrogen-bond acceptors (Lipinski definition) is 4. The van der Waals surface area contributed by atoms with Gasteiger partial charge in [0.2, 0.25) is 0 Å². The molecule has 0 aromatic rings. The number of fused-ring (bicyclic) bond motifs is 1. The van der Waals surface area contributed by atoms with Gasteiger partial charge < -0.3 is 9.84 Å². The molecule has 2 saturated heterocycles. The zero-order valence-electron chi connectivity index (χ0n) is 12.0. The molecule has 1 saturated carbocycles. The summed E-state index contributed by atoms with van der Waals surface area (Å²) in [7, 11) is -3.49. The monoisotopic (exact) mass is 318 g/mol. The summed E-state index contributed by atoms with van der Waals surface area (Å²) < 4.78 is 34.3. The van der Waals surface area contributed by atoms with Crippen LogP contribution in [-0.4, -0.2) is 66.5 Å². The molecule has 0 spiro atoms. The van der Waals surface area contributed by atoms with Gasteiger partial charge in [0.1, 0.15) is 0 Å². The Kier molecular flexibility index (Phi) is 4.22. The summed E-state index contributed by atoms with van der Waals surface area (Å²) >= 11 is 0. The molecule has 1 aliphatic carbocycles. The van der Waals surface area contributed by atoms with Crippen molar-refractivity contribution in [1.29, 1.82) is 0 Å². The molecule has 0 bridgehead atoms. The summed E-state index contributed by atoms with van der Waals surface area (Å²) in [6.07, 6.45) is 3.61. The van der Waals surface area contributed by atoms with E-state index < -0.39 is 22.1 Å². The molecule has 3 rings (SSSR count). The second-order valence-corrected chi connectivity index (χ2v) is 7.92. The van der Waals surface area contributed by atoms with Crippen molar-refractivity contribution in [2.45, 2.75) is 44.2 Å². The lowest BCUT2D eigenvalue weighted by Crippen LogP contribution is -2.56. The number of nitrogens with zero attached hydrogens (tertiary/aromatic N) is 2. The van der Waals surface area contributed by atoms with E-state index in [2.05, 4.69) is 0 Å². The number of rotatable bonds is 3. The molecule has 2 aliphatic heterocycles. The van der Waals surface area contributed by atoms with E-state index in [1.54, 1.807) is 4.31 Å². The van der Waals surface area contributed by atoms with Crippen molar-refractivity contribution in [3.05, 3.63) is 0 Å². The van der Waals surface area contributed by atoms with Crippen LogP contribution in [0.25, 0.3) is 0 Å². The van der Waals surface area contributed by atoms with Crippen LogP contribution in [0.15, 0.2) is 0 Å². The summed E-state index contributed by atoms with van der Waals surface area (Å²) in [5.74, 6) is -1.24. The van der Waals surface area contributed by atoms with Gasteiger partial charge in [-0.25, -0.2) is 0 Å². The number of aliphatic carboxylic acids is 1. The van der Waals surface area contributed by atoms with Gasteiger partial charge in [0.05, 0.1) is 24.7 Å². The molecule has 0 amide bonds. The van der Waals surface area contributed by atoms with Crippen LogP contribution < -0.4 is 0 Å². The van der Waals surface area contributed by atoms with E-state index in [0.29, 0.717) is 39.1 Å². The number of piperidine rings is 1. The van der Waals surface area contributed by atoms with Gasteiger partial charge in [-0.1, -0.05) is 0 Å². The highest BCUT2D eigenvalue weighted by molar-refractivity contribution is 7.86. The molecule has 0 aromatic heterocycles. The number of hydrogen-bond donors (Lipinski definition) is 1. The van der Waals surface area contributed by atoms with Crippen molar-refractivity contribution in [3.63, 3.8) is 0 Å². The lowest BCUT2D eigenvalue weighted by Gasteiger charge is -2.40. The standard InChI is InChI=1S/C13H22N2O5S/c16-13(17)10-4-6-14(7-5-10)21(18,19)15-8-9-20-12-3-1-2-11(12)15/h10-12H,1-9H2,(H,16,17). The minimum Gasteiger partial charge on any atom is -0.481 e. The predicted molar refractivity (Wildman–Crippen MR) is 74.9 cm³/mol. The molecule has 8 heteroatoms. The number of carboxylic acid groups (broad SMARTS) is 1. The summed E-state index contributed by atoms with van der Waals surface area (Å²) in [5.41, 5.74) is 0. The van der Waals surface area contributed by atoms with Crippen molar-refractivity contribution < 1.29 is 23.1 Å². The Hall–Kier alpha value is -0.700. The maximum atomic E-state index is 12.8. The van der Waals surface area contributed by atoms with Gasteiger partial charge in [-0.2, -0.15) is 17.0 Å². The first-order chi connectivity index (χ1) is 10.00. The SMILES string of the molecule is O=C(O)C1CCN(S(=O)(=O)N2CCOC3CCCC32)CC1. The first kappa shape index (κ1) is 15.2. The van der Waals surface area contributed by atoms with Crippen LogP contribution in [0, 0.1) is 5.92 Å². The lowest BCUT2D eigenvalue weighted by molar-refractivity contribution is -0.142. The third kappa shape index (κ3) is 2.81. The smallest absolute Gasteiger partial charge is 0.306 e. The van der Waals surface area contributed by atoms with E-state index in [-0.39, 0.29) is 12.1 Å². The topological polar surface area (TPSA) is 87.2 Å². The quantitative estimate of drug-likeness (QED) is 0.808. The van der Waals surface area contributed by atoms with Crippen molar-refractivity contribution in [3.8, 4) is 0 Å². The third-order valence-corrected chi connectivity index (χ3v) is 6.92. The van der Waals surface area contributed by atoms with Crippen LogP contribution in [-0.2, 0) is 19.7 Å². The molecule has 0 aromatic carbocycles. The van der Waals surface area contributed by atoms with Crippen LogP contribution in [0.5, 0.6) is 0 Å². The Balaban J connectivity index is 1.70. The summed E-state index contributed by atoms with van der Waals surface area (Å²) in [6, 6.07) is -0.0408. The first-order valence-electron chi connectivity index (χ1n) is 7.61. The number of carbonyl (C=O) groups is 1. The molecular formula is C13H22N2O5S. The van der Waals surface area contributed by atoms with E-state index >= 15 is 0 Å². The Labute approximate surface area is 125 Å². The van der Waals surface area contributed by atoms with Crippen molar-refractivity contribution in [1.82, 2.24) is 8.61 Å². The maximum absolute atomic E-state index is 12.8. The van der Waals surface area contributed by atoms with E-state index in [1.807, 2.05) is 0 Å². The van der Waals surface area contributed by atoms with Gasteiger partial charge in [-0.05, 0) is 32.1 Å². The average Bonchev–Trinajstić information content (AvgIpc) is 2.95. The van der Waals surface area contributed by atoms with Gasteiger partial charge in [-0.3, -0.25) is 4.79 Å². The van der Waals surface area contributed by atoms with E-state index in [0.717, 1.165) is 19.3 Å². The zero-order chi connectivity index (χ0) is 15.0. The molecule has 2 heterocycles. The van der Waals surface area contributed by atoms with E-state index in [1.165, 1.54) is 4.31 Å². The number of morpholine rings is 1. The number of carboxylic acids is 1. The van der Waals surface area contributed by atoms with Gasteiger partial charge in [-0.15, -0.1) is 0 Å². The van der Waals surface area contributed by atoms with Crippen LogP contribution in [0.4, 0.5) is 0 Å². The summed E-state index contributed by atoms with van der Waals surface area (Å²) in [6.45, 7) is 1.45. The van der Waals surface area contributed by atoms with Crippen LogP contribution in [0.2, 0.25) is 0 Å². The highest BCUT2D eigenvalue weighted by atomic mass is 32.2. The lowest BCUT2D eigenvalue weighted by atomic mass is 9.99. The largest absolute Gasteiger partial charge is 0.481 e. The van der Waals surface area contributed by atoms with Gasteiger partial charge >= 0.3 is 5.97 Å². The number of ether oxygens (including phenoxy) is 1. The van der Waals surface area contributed by atoms with Crippen LogP contribution >= 0.6 is 0 Å². The average molecular weight is 318 g/mol. The Morgan fingerprint density at radius 1 is 1.10 bits per heavy atom. The molecule has 3 aliphatic rings. The van der Waals surface area contributed by atoms with Gasteiger partial charge in [0.15, 0.2) is 0 Å². The summed E-state index contributed by atoms with van der Waals surface area (Å²) in [5, 5.41) is 9.00. The fourth-order valence-corrected chi connectivity index (χ4v) is 5.52. The van der Waals surface area contributed by atoms with Crippen molar-refractivity contribution >= 4 is 16.2 Å². The van der Waals surface area contributed by atoms with Crippen molar-refractivity contribution in [2.24, 2.45) is 5.92 Å². The molecule has 0 radical (unpaired) electrons. The molecule has 3 fully saturated rings. The van der Waals surface area contributed by atoms with E-state index in [9.17, 15) is 13.2 Å².